The highest BCUT2D eigenvalue weighted by molar-refractivity contribution is 8.13. The summed E-state index contributed by atoms with van der Waals surface area (Å²) in [5, 5.41) is 20.9. The molecule has 0 amide bonds. The van der Waals surface area contributed by atoms with Crippen LogP contribution in [0.1, 0.15) is 38.7 Å². The first kappa shape index (κ1) is 26.9. The number of thioether (sulfide) groups is 1. The number of halogens is 2. The van der Waals surface area contributed by atoms with E-state index in [1.807, 2.05) is 25.1 Å². The molecule has 1 aromatic carbocycles. The maximum atomic E-state index is 17.5. The number of nitriles is 1. The molecule has 5 aliphatic rings. The van der Waals surface area contributed by atoms with E-state index < -0.39 is 40.1 Å². The Labute approximate surface area is 232 Å². The molecule has 1 heterocycles. The molecule has 1 aliphatic heterocycles. The molecule has 0 bridgehead atoms. The van der Waals surface area contributed by atoms with Gasteiger partial charge in [0.15, 0.2) is 16.6 Å². The van der Waals surface area contributed by atoms with Crippen molar-refractivity contribution in [3.63, 3.8) is 0 Å². The Morgan fingerprint density at radius 1 is 1.23 bits per heavy atom. The molecule has 1 N–H and O–H groups in total. The summed E-state index contributed by atoms with van der Waals surface area (Å²) in [6.07, 6.45) is 1.53. The van der Waals surface area contributed by atoms with Crippen molar-refractivity contribution in [3.05, 3.63) is 59.7 Å². The van der Waals surface area contributed by atoms with Crippen molar-refractivity contribution in [3.8, 4) is 6.07 Å². The second-order valence-corrected chi connectivity index (χ2v) is 13.6. The van der Waals surface area contributed by atoms with Gasteiger partial charge in [0, 0.05) is 31.0 Å². The van der Waals surface area contributed by atoms with Gasteiger partial charge in [0.05, 0.1) is 23.3 Å². The van der Waals surface area contributed by atoms with Gasteiger partial charge in [-0.05, 0) is 66.7 Å². The topological polar surface area (TPSA) is 81.4 Å². The van der Waals surface area contributed by atoms with Crippen LogP contribution in [0.15, 0.2) is 54.1 Å². The Balaban J connectivity index is 1.41. The molecular formula is C31H34F2N2O3S. The smallest absolute Gasteiger partial charge is 0.198 e. The lowest BCUT2D eigenvalue weighted by atomic mass is 9.43. The van der Waals surface area contributed by atoms with Crippen molar-refractivity contribution in [2.45, 2.75) is 57.6 Å². The van der Waals surface area contributed by atoms with Crippen molar-refractivity contribution in [2.24, 2.45) is 34.0 Å². The number of carbonyl (C=O) groups excluding carboxylic acids is 2. The minimum absolute atomic E-state index is 0.0311. The first-order valence-electron chi connectivity index (χ1n) is 13.8. The highest BCUT2D eigenvalue weighted by Gasteiger charge is 2.78. The number of benzene rings is 1. The van der Waals surface area contributed by atoms with Gasteiger partial charge >= 0.3 is 0 Å². The maximum Gasteiger partial charge on any atom is 0.198 e. The summed E-state index contributed by atoms with van der Waals surface area (Å²) in [5.74, 6) is -1.54. The normalized spacial score (nSPS) is 44.6. The summed E-state index contributed by atoms with van der Waals surface area (Å²) in [4.78, 5) is 28.5. The largest absolute Gasteiger partial charge is 0.390 e. The second kappa shape index (κ2) is 9.09. The van der Waals surface area contributed by atoms with Crippen LogP contribution < -0.4 is 0 Å². The average molecular weight is 553 g/mol. The van der Waals surface area contributed by atoms with E-state index in [1.165, 1.54) is 18.2 Å². The van der Waals surface area contributed by atoms with Gasteiger partial charge < -0.3 is 5.11 Å². The van der Waals surface area contributed by atoms with E-state index >= 15 is 8.78 Å². The van der Waals surface area contributed by atoms with Gasteiger partial charge in [-0.3, -0.25) is 14.5 Å². The molecule has 1 aromatic rings. The maximum absolute atomic E-state index is 17.5. The fraction of sp³-hybridized carbons (Fsp3) is 0.581. The summed E-state index contributed by atoms with van der Waals surface area (Å²) < 4.78 is 33.3. The van der Waals surface area contributed by atoms with Crippen LogP contribution >= 0.6 is 11.8 Å². The van der Waals surface area contributed by atoms with Crippen molar-refractivity contribution in [2.75, 3.05) is 18.8 Å². The molecule has 5 nitrogen and oxygen atoms in total. The Hall–Kier alpha value is -2.34. The molecule has 0 radical (unpaired) electrons. The monoisotopic (exact) mass is 552 g/mol. The van der Waals surface area contributed by atoms with Crippen LogP contribution in [-0.4, -0.2) is 57.7 Å². The van der Waals surface area contributed by atoms with E-state index in [-0.39, 0.29) is 46.9 Å². The van der Waals surface area contributed by atoms with Crippen LogP contribution in [0.5, 0.6) is 0 Å². The SMILES string of the molecule is CC12C=CC(=O)C=C1C(F)CC1C3CC4CN(Cc5ccccc5)CC4(C(=O)SCC#N)C3(C)CC(O)C12F. The van der Waals surface area contributed by atoms with E-state index in [1.54, 1.807) is 6.92 Å². The van der Waals surface area contributed by atoms with Gasteiger partial charge in [-0.25, -0.2) is 8.78 Å². The first-order valence-corrected chi connectivity index (χ1v) is 14.8. The summed E-state index contributed by atoms with van der Waals surface area (Å²) in [6.45, 7) is 5.39. The van der Waals surface area contributed by atoms with Crippen molar-refractivity contribution in [1.82, 2.24) is 4.90 Å². The van der Waals surface area contributed by atoms with Gasteiger partial charge in [-0.15, -0.1) is 0 Å². The summed E-state index contributed by atoms with van der Waals surface area (Å²) in [6, 6.07) is 12.1. The molecule has 8 heteroatoms. The third-order valence-corrected chi connectivity index (χ3v) is 12.0. The molecule has 4 fully saturated rings. The van der Waals surface area contributed by atoms with E-state index in [9.17, 15) is 20.0 Å². The van der Waals surface area contributed by atoms with Gasteiger partial charge in [-0.1, -0.05) is 55.1 Å². The lowest BCUT2D eigenvalue weighted by Gasteiger charge is -2.63. The standard InChI is InChI=1S/C31H34F2N2O3S/c1-28-9-8-21(36)13-24(28)25(32)14-23-22-12-20-17-35(16-19-6-4-3-5-7-19)18-30(20,27(38)39-11-10-34)29(22,2)15-26(37)31(23,28)33/h3-9,13,20,22-23,25-26,37H,11-12,14-18H2,1-2H3. The van der Waals surface area contributed by atoms with E-state index in [0.717, 1.165) is 17.3 Å². The molecule has 206 valence electrons. The molecule has 4 aliphatic carbocycles. The number of rotatable bonds is 4. The van der Waals surface area contributed by atoms with E-state index in [4.69, 9.17) is 0 Å². The Morgan fingerprint density at radius 3 is 2.69 bits per heavy atom. The van der Waals surface area contributed by atoms with Crippen molar-refractivity contribution < 1.29 is 23.5 Å². The van der Waals surface area contributed by atoms with Crippen LogP contribution in [0.25, 0.3) is 0 Å². The number of likely N-dealkylation sites (tertiary alicyclic amines) is 1. The fourth-order valence-corrected chi connectivity index (χ4v) is 10.3. The Morgan fingerprint density at radius 2 is 1.97 bits per heavy atom. The van der Waals surface area contributed by atoms with Crippen LogP contribution in [-0.2, 0) is 16.1 Å². The average Bonchev–Trinajstić information content (AvgIpc) is 3.38. The number of nitrogens with zero attached hydrogens (tertiary/aromatic N) is 2. The van der Waals surface area contributed by atoms with Crippen LogP contribution in [0, 0.1) is 45.3 Å². The number of allylic oxidation sites excluding steroid dienone is 4. The first-order chi connectivity index (χ1) is 18.5. The quantitative estimate of drug-likeness (QED) is 0.577. The Bertz CT molecular complexity index is 1310. The summed E-state index contributed by atoms with van der Waals surface area (Å²) >= 11 is 1.02. The van der Waals surface area contributed by atoms with Gasteiger partial charge in [0.25, 0.3) is 0 Å². The zero-order chi connectivity index (χ0) is 27.8. The summed E-state index contributed by atoms with van der Waals surface area (Å²) in [5.41, 5.74) is -4.00. The van der Waals surface area contributed by atoms with Gasteiger partial charge in [-0.2, -0.15) is 5.26 Å². The van der Waals surface area contributed by atoms with Crippen LogP contribution in [0.2, 0.25) is 0 Å². The van der Waals surface area contributed by atoms with Crippen LogP contribution in [0.3, 0.4) is 0 Å². The predicted octanol–water partition coefficient (Wildman–Crippen LogP) is 4.82. The Kier molecular flexibility index (Phi) is 6.26. The number of carbonyl (C=O) groups is 2. The third-order valence-electron chi connectivity index (χ3n) is 11.1. The minimum Gasteiger partial charge on any atom is -0.390 e. The summed E-state index contributed by atoms with van der Waals surface area (Å²) in [7, 11) is 0. The lowest BCUT2D eigenvalue weighted by molar-refractivity contribution is -0.210. The highest BCUT2D eigenvalue weighted by Crippen LogP contribution is 2.75. The number of aliphatic hydroxyl groups excluding tert-OH is 1. The molecule has 3 saturated carbocycles. The molecular weight excluding hydrogens is 518 g/mol. The van der Waals surface area contributed by atoms with E-state index in [0.29, 0.717) is 26.1 Å². The molecule has 0 spiro atoms. The predicted molar refractivity (Wildman–Crippen MR) is 145 cm³/mol. The van der Waals surface area contributed by atoms with Crippen LogP contribution in [0.4, 0.5) is 8.78 Å². The third kappa shape index (κ3) is 3.49. The van der Waals surface area contributed by atoms with Gasteiger partial charge in [0.2, 0.25) is 0 Å². The minimum atomic E-state index is -2.16. The zero-order valence-corrected chi connectivity index (χ0v) is 23.1. The number of aliphatic hydroxyl groups is 1. The fourth-order valence-electron chi connectivity index (χ4n) is 9.40. The molecule has 0 aromatic heterocycles. The molecule has 6 rings (SSSR count). The second-order valence-electron chi connectivity index (χ2n) is 12.7. The van der Waals surface area contributed by atoms with Gasteiger partial charge in [0.1, 0.15) is 6.17 Å². The number of hydrogen-bond donors (Lipinski definition) is 1. The molecule has 9 unspecified atom stereocenters. The number of ketones is 1. The number of alkyl halides is 2. The van der Waals surface area contributed by atoms with E-state index in [2.05, 4.69) is 23.1 Å². The number of fused-ring (bicyclic) bond motifs is 7. The molecule has 9 atom stereocenters. The lowest BCUT2D eigenvalue weighted by Crippen LogP contribution is -2.69. The van der Waals surface area contributed by atoms with Crippen molar-refractivity contribution in [1.29, 1.82) is 5.26 Å². The molecule has 39 heavy (non-hydrogen) atoms. The zero-order valence-electron chi connectivity index (χ0n) is 22.3. The molecule has 1 saturated heterocycles. The highest BCUT2D eigenvalue weighted by atomic mass is 32.2. The number of hydrogen-bond acceptors (Lipinski definition) is 6. The van der Waals surface area contributed by atoms with Crippen molar-refractivity contribution >= 4 is 22.7 Å².